The molecule has 186 valence electrons. The van der Waals surface area contributed by atoms with Gasteiger partial charge in [0.1, 0.15) is 11.4 Å². The van der Waals surface area contributed by atoms with E-state index in [1.807, 2.05) is 12.1 Å². The third-order valence-corrected chi connectivity index (χ3v) is 6.12. The lowest BCUT2D eigenvalue weighted by molar-refractivity contribution is -0.137. The number of nitrogens with zero attached hydrogens (tertiary/aromatic N) is 3. The maximum Gasteiger partial charge on any atom is 0.416 e. The molecule has 0 atom stereocenters. The molecule has 10 heteroatoms. The summed E-state index contributed by atoms with van der Waals surface area (Å²) in [5.41, 5.74) is 0.999. The Kier molecular flexibility index (Phi) is 7.02. The largest absolute Gasteiger partial charge is 0.497 e. The fourth-order valence-corrected chi connectivity index (χ4v) is 4.08. The first-order valence-corrected chi connectivity index (χ1v) is 11.3. The molecule has 0 bridgehead atoms. The molecule has 1 N–H and O–H groups in total. The predicted molar refractivity (Wildman–Crippen MR) is 122 cm³/mol. The van der Waals surface area contributed by atoms with E-state index in [4.69, 9.17) is 14.1 Å². The molecule has 0 saturated carbocycles. The number of urea groups is 1. The molecule has 35 heavy (non-hydrogen) atoms. The number of amides is 2. The first kappa shape index (κ1) is 24.6. The minimum Gasteiger partial charge on any atom is -0.497 e. The second kappa shape index (κ2) is 9.99. The van der Waals surface area contributed by atoms with Gasteiger partial charge in [-0.25, -0.2) is 14.8 Å². The molecule has 1 aliphatic heterocycles. The molecule has 0 spiro atoms. The van der Waals surface area contributed by atoms with Crippen molar-refractivity contribution in [1.82, 2.24) is 14.9 Å². The minimum atomic E-state index is -4.43. The normalized spacial score (nSPS) is 14.7. The lowest BCUT2D eigenvalue weighted by Crippen LogP contribution is -2.45. The number of hydrogen-bond acceptors (Lipinski definition) is 5. The number of methoxy groups -OCH3 is 1. The van der Waals surface area contributed by atoms with Gasteiger partial charge in [-0.1, -0.05) is 12.1 Å². The lowest BCUT2D eigenvalue weighted by atomic mass is 9.97. The summed E-state index contributed by atoms with van der Waals surface area (Å²) in [4.78, 5) is 18.5. The Labute approximate surface area is 200 Å². The molecule has 7 nitrogen and oxygen atoms in total. The molecule has 1 aliphatic rings. The number of piperidine rings is 1. The van der Waals surface area contributed by atoms with E-state index in [1.165, 1.54) is 12.1 Å². The molecule has 1 aromatic heterocycles. The topological polar surface area (TPSA) is 79.0 Å². The van der Waals surface area contributed by atoms with Crippen LogP contribution in [0.1, 0.15) is 37.1 Å². The molecular weight excluding hydrogens is 463 g/mol. The molecule has 0 aliphatic carbocycles. The number of oxazole rings is 1. The smallest absolute Gasteiger partial charge is 0.416 e. The number of alkyl halides is 3. The van der Waals surface area contributed by atoms with E-state index < -0.39 is 17.8 Å². The molecule has 2 aromatic carbocycles. The highest BCUT2D eigenvalue weighted by atomic mass is 19.4. The van der Waals surface area contributed by atoms with Gasteiger partial charge in [0, 0.05) is 36.7 Å². The Bertz CT molecular complexity index is 1150. The maximum absolute atomic E-state index is 13.1. The van der Waals surface area contributed by atoms with Gasteiger partial charge >= 0.3 is 12.2 Å². The molecule has 4 rings (SSSR count). The van der Waals surface area contributed by atoms with Gasteiger partial charge in [0.15, 0.2) is 11.7 Å². The summed E-state index contributed by atoms with van der Waals surface area (Å²) in [6, 6.07) is 11.5. The van der Waals surface area contributed by atoms with Crippen LogP contribution in [0.5, 0.6) is 5.75 Å². The second-order valence-corrected chi connectivity index (χ2v) is 8.29. The quantitative estimate of drug-likeness (QED) is 0.349. The number of carbonyl (C=O) groups is 1. The number of rotatable bonds is 5. The van der Waals surface area contributed by atoms with Crippen molar-refractivity contribution in [3.8, 4) is 28.3 Å². The summed E-state index contributed by atoms with van der Waals surface area (Å²) in [5, 5.41) is 10.4. The van der Waals surface area contributed by atoms with Crippen LogP contribution in [0.15, 0.2) is 52.9 Å². The number of benzene rings is 2. The van der Waals surface area contributed by atoms with Gasteiger partial charge in [-0.3, -0.25) is 5.21 Å². The molecule has 2 amide bonds. The van der Waals surface area contributed by atoms with E-state index in [9.17, 15) is 23.2 Å². The number of aromatic nitrogens is 1. The van der Waals surface area contributed by atoms with Crippen LogP contribution >= 0.6 is 0 Å². The zero-order valence-corrected chi connectivity index (χ0v) is 19.4. The van der Waals surface area contributed by atoms with E-state index >= 15 is 0 Å². The Balaban J connectivity index is 1.64. The zero-order valence-electron chi connectivity index (χ0n) is 19.4. The van der Waals surface area contributed by atoms with Crippen LogP contribution in [0.2, 0.25) is 0 Å². The average molecular weight is 489 g/mol. The lowest BCUT2D eigenvalue weighted by Gasteiger charge is -2.32. The van der Waals surface area contributed by atoms with Crippen molar-refractivity contribution in [3.63, 3.8) is 0 Å². The number of halogens is 3. The van der Waals surface area contributed by atoms with Gasteiger partial charge in [-0.15, -0.1) is 0 Å². The molecule has 0 radical (unpaired) electrons. The highest BCUT2D eigenvalue weighted by Gasteiger charge is 2.32. The minimum absolute atomic E-state index is 0.0759. The van der Waals surface area contributed by atoms with Gasteiger partial charge in [0.05, 0.1) is 12.7 Å². The number of hydrogen-bond donors (Lipinski definition) is 1. The van der Waals surface area contributed by atoms with E-state index in [0.717, 1.165) is 17.7 Å². The Morgan fingerprint density at radius 3 is 2.26 bits per heavy atom. The fourth-order valence-electron chi connectivity index (χ4n) is 4.08. The maximum atomic E-state index is 13.1. The van der Waals surface area contributed by atoms with Gasteiger partial charge < -0.3 is 14.1 Å². The van der Waals surface area contributed by atoms with Crippen molar-refractivity contribution < 1.29 is 32.3 Å². The third kappa shape index (κ3) is 5.27. The van der Waals surface area contributed by atoms with E-state index in [1.54, 1.807) is 31.1 Å². The molecule has 3 aromatic rings. The van der Waals surface area contributed by atoms with Crippen LogP contribution in [-0.4, -0.2) is 52.9 Å². The van der Waals surface area contributed by atoms with Gasteiger partial charge in [0.25, 0.3) is 0 Å². The molecular formula is C25H26F3N3O4. The van der Waals surface area contributed by atoms with Crippen molar-refractivity contribution in [2.24, 2.45) is 0 Å². The van der Waals surface area contributed by atoms with Gasteiger partial charge in [-0.2, -0.15) is 13.2 Å². The van der Waals surface area contributed by atoms with E-state index in [2.05, 4.69) is 0 Å². The molecule has 2 heterocycles. The summed E-state index contributed by atoms with van der Waals surface area (Å²) < 4.78 is 50.5. The fraction of sp³-hybridized carbons (Fsp3) is 0.360. The Hall–Kier alpha value is -3.53. The monoisotopic (exact) mass is 489 g/mol. The average Bonchev–Trinajstić information content (AvgIpc) is 3.33. The van der Waals surface area contributed by atoms with Crippen molar-refractivity contribution in [2.75, 3.05) is 26.7 Å². The SMILES string of the molecule is CCN(O)C(=O)N1CCC(c2nc(-c3ccc(OC)cc3)c(-c3ccc(C(F)(F)F)cc3)o2)CC1. The number of likely N-dealkylation sites (tertiary alicyclic amines) is 1. The first-order valence-electron chi connectivity index (χ1n) is 11.3. The summed E-state index contributed by atoms with van der Waals surface area (Å²) >= 11 is 0. The Morgan fingerprint density at radius 2 is 1.71 bits per heavy atom. The second-order valence-electron chi connectivity index (χ2n) is 8.29. The standard InChI is InChI=1S/C25H26F3N3O4/c1-3-31(33)24(32)30-14-12-18(13-15-30)23-29-21(16-6-10-20(34-2)11-7-16)22(35-23)17-4-8-19(9-5-17)25(26,27)28/h4-11,18,33H,3,12-15H2,1-2H3. The molecule has 1 fully saturated rings. The number of carbonyl (C=O) groups excluding carboxylic acids is 1. The van der Waals surface area contributed by atoms with Crippen molar-refractivity contribution in [2.45, 2.75) is 31.9 Å². The summed E-state index contributed by atoms with van der Waals surface area (Å²) in [7, 11) is 1.56. The molecule has 1 saturated heterocycles. The third-order valence-electron chi connectivity index (χ3n) is 6.12. The van der Waals surface area contributed by atoms with Gasteiger partial charge in [0.2, 0.25) is 0 Å². The zero-order chi connectivity index (χ0) is 25.2. The summed E-state index contributed by atoms with van der Waals surface area (Å²) in [5.74, 6) is 1.43. The first-order chi connectivity index (χ1) is 16.7. The summed E-state index contributed by atoms with van der Waals surface area (Å²) in [6.07, 6.45) is -3.27. The van der Waals surface area contributed by atoms with Crippen LogP contribution in [0, 0.1) is 0 Å². The highest BCUT2D eigenvalue weighted by molar-refractivity contribution is 5.77. The van der Waals surface area contributed by atoms with Crippen LogP contribution < -0.4 is 4.74 Å². The number of ether oxygens (including phenoxy) is 1. The Morgan fingerprint density at radius 1 is 1.11 bits per heavy atom. The summed E-state index contributed by atoms with van der Waals surface area (Å²) in [6.45, 7) is 2.73. The number of hydroxylamine groups is 2. The van der Waals surface area contributed by atoms with E-state index in [-0.39, 0.29) is 12.5 Å². The van der Waals surface area contributed by atoms with Gasteiger partial charge in [-0.05, 0) is 56.2 Å². The van der Waals surface area contributed by atoms with E-state index in [0.29, 0.717) is 59.7 Å². The van der Waals surface area contributed by atoms with Crippen LogP contribution in [0.25, 0.3) is 22.6 Å². The van der Waals surface area contributed by atoms with Crippen molar-refractivity contribution in [1.29, 1.82) is 0 Å². The van der Waals surface area contributed by atoms with Crippen LogP contribution in [-0.2, 0) is 6.18 Å². The van der Waals surface area contributed by atoms with Crippen LogP contribution in [0.4, 0.5) is 18.0 Å². The van der Waals surface area contributed by atoms with Crippen LogP contribution in [0.3, 0.4) is 0 Å². The predicted octanol–water partition coefficient (Wildman–Crippen LogP) is 6.05. The van der Waals surface area contributed by atoms with Crippen molar-refractivity contribution >= 4 is 6.03 Å². The van der Waals surface area contributed by atoms with Crippen molar-refractivity contribution in [3.05, 3.63) is 60.0 Å². The molecule has 0 unspecified atom stereocenters. The highest BCUT2D eigenvalue weighted by Crippen LogP contribution is 2.39.